The van der Waals surface area contributed by atoms with Crippen LogP contribution in [0.3, 0.4) is 0 Å². The van der Waals surface area contributed by atoms with Crippen LogP contribution in [-0.4, -0.2) is 12.3 Å². The summed E-state index contributed by atoms with van der Waals surface area (Å²) in [4.78, 5) is 12.5. The van der Waals surface area contributed by atoms with E-state index in [0.717, 1.165) is 42.3 Å². The number of rotatable bonds is 2. The van der Waals surface area contributed by atoms with Gasteiger partial charge in [-0.3, -0.25) is 4.79 Å². The smallest absolute Gasteiger partial charge is 0.193 e. The molecule has 102 valence electrons. The Bertz CT molecular complexity index is 662. The maximum absolute atomic E-state index is 13.2. The maximum Gasteiger partial charge on any atom is 0.193 e. The van der Waals surface area contributed by atoms with Crippen LogP contribution in [0.1, 0.15) is 27.0 Å². The third-order valence-corrected chi connectivity index (χ3v) is 3.51. The van der Waals surface area contributed by atoms with E-state index in [4.69, 9.17) is 0 Å². The fourth-order valence-electron chi connectivity index (χ4n) is 2.59. The van der Waals surface area contributed by atoms with Crippen LogP contribution in [0, 0.1) is 11.6 Å². The van der Waals surface area contributed by atoms with Crippen LogP contribution in [-0.2, 0) is 13.0 Å². The van der Waals surface area contributed by atoms with Gasteiger partial charge in [0.2, 0.25) is 0 Å². The molecule has 0 atom stereocenters. The molecule has 0 spiro atoms. The lowest BCUT2D eigenvalue weighted by atomic mass is 9.91. The number of fused-ring (bicyclic) bond motifs is 1. The first-order chi connectivity index (χ1) is 9.65. The predicted octanol–water partition coefficient (Wildman–Crippen LogP) is 2.84. The quantitative estimate of drug-likeness (QED) is 0.852. The Hall–Kier alpha value is -2.07. The second kappa shape index (κ2) is 5.13. The number of benzene rings is 2. The highest BCUT2D eigenvalue weighted by Crippen LogP contribution is 2.22. The Kier molecular flexibility index (Phi) is 3.32. The largest absolute Gasteiger partial charge is 0.312 e. The summed E-state index contributed by atoms with van der Waals surface area (Å²) in [5.41, 5.74) is 2.63. The Labute approximate surface area is 115 Å². The molecule has 0 unspecified atom stereocenters. The van der Waals surface area contributed by atoms with Crippen LogP contribution < -0.4 is 5.32 Å². The van der Waals surface area contributed by atoms with Crippen LogP contribution in [0.4, 0.5) is 8.78 Å². The molecule has 0 saturated heterocycles. The number of ketones is 1. The van der Waals surface area contributed by atoms with Crippen molar-refractivity contribution in [2.24, 2.45) is 0 Å². The van der Waals surface area contributed by atoms with Gasteiger partial charge in [-0.05, 0) is 36.2 Å². The lowest BCUT2D eigenvalue weighted by Gasteiger charge is -2.19. The molecule has 2 nitrogen and oxygen atoms in total. The zero-order valence-corrected chi connectivity index (χ0v) is 10.7. The van der Waals surface area contributed by atoms with Crippen molar-refractivity contribution in [3.8, 4) is 0 Å². The van der Waals surface area contributed by atoms with Crippen molar-refractivity contribution in [2.45, 2.75) is 13.0 Å². The molecule has 0 aromatic heterocycles. The van der Waals surface area contributed by atoms with Crippen molar-refractivity contribution in [1.29, 1.82) is 0 Å². The van der Waals surface area contributed by atoms with Crippen molar-refractivity contribution in [1.82, 2.24) is 5.32 Å². The average Bonchev–Trinajstić information content (AvgIpc) is 2.45. The predicted molar refractivity (Wildman–Crippen MR) is 71.6 cm³/mol. The highest BCUT2D eigenvalue weighted by molar-refractivity contribution is 6.10. The second-order valence-electron chi connectivity index (χ2n) is 4.86. The van der Waals surface area contributed by atoms with Gasteiger partial charge in [-0.25, -0.2) is 8.78 Å². The number of nitrogens with one attached hydrogen (secondary N) is 1. The van der Waals surface area contributed by atoms with Gasteiger partial charge in [0.15, 0.2) is 5.78 Å². The Morgan fingerprint density at radius 2 is 1.85 bits per heavy atom. The molecule has 4 heteroatoms. The van der Waals surface area contributed by atoms with Gasteiger partial charge >= 0.3 is 0 Å². The van der Waals surface area contributed by atoms with Gasteiger partial charge in [0.25, 0.3) is 0 Å². The van der Waals surface area contributed by atoms with Crippen LogP contribution in [0.2, 0.25) is 0 Å². The molecule has 1 N–H and O–H groups in total. The second-order valence-corrected chi connectivity index (χ2v) is 4.86. The summed E-state index contributed by atoms with van der Waals surface area (Å²) >= 11 is 0. The molecule has 0 aliphatic carbocycles. The molecule has 0 bridgehead atoms. The fourth-order valence-corrected chi connectivity index (χ4v) is 2.59. The van der Waals surface area contributed by atoms with Crippen molar-refractivity contribution >= 4 is 5.78 Å². The van der Waals surface area contributed by atoms with Gasteiger partial charge < -0.3 is 5.32 Å². The topological polar surface area (TPSA) is 29.1 Å². The van der Waals surface area contributed by atoms with Gasteiger partial charge in [0, 0.05) is 23.7 Å². The van der Waals surface area contributed by atoms with Crippen molar-refractivity contribution in [3.63, 3.8) is 0 Å². The molecule has 20 heavy (non-hydrogen) atoms. The summed E-state index contributed by atoms with van der Waals surface area (Å²) < 4.78 is 26.5. The van der Waals surface area contributed by atoms with Crippen molar-refractivity contribution < 1.29 is 13.6 Å². The third kappa shape index (κ3) is 2.34. The van der Waals surface area contributed by atoms with E-state index in [0.29, 0.717) is 12.1 Å². The molecule has 1 heterocycles. The molecule has 2 aromatic carbocycles. The highest BCUT2D eigenvalue weighted by atomic mass is 19.1. The maximum atomic E-state index is 13.2. The van der Waals surface area contributed by atoms with E-state index < -0.39 is 11.6 Å². The molecule has 0 radical (unpaired) electrons. The van der Waals surface area contributed by atoms with Crippen LogP contribution in [0.5, 0.6) is 0 Å². The lowest BCUT2D eigenvalue weighted by Crippen LogP contribution is -2.25. The summed E-state index contributed by atoms with van der Waals surface area (Å²) in [7, 11) is 0. The number of carbonyl (C=O) groups excluding carboxylic acids is 1. The molecule has 3 rings (SSSR count). The summed E-state index contributed by atoms with van der Waals surface area (Å²) in [5.74, 6) is -1.80. The summed E-state index contributed by atoms with van der Waals surface area (Å²) in [6.07, 6.45) is 0.745. The summed E-state index contributed by atoms with van der Waals surface area (Å²) in [6, 6.07) is 8.40. The molecule has 1 aliphatic rings. The molecule has 0 fully saturated rings. The van der Waals surface area contributed by atoms with Gasteiger partial charge in [0.05, 0.1) is 0 Å². The first kappa shape index (κ1) is 12.9. The molecule has 0 saturated carbocycles. The van der Waals surface area contributed by atoms with E-state index in [1.807, 2.05) is 6.07 Å². The standard InChI is InChI=1S/C16H13F2NO/c17-12-6-11(7-13(18)8-12)16(20)15-3-1-2-10-9-19-5-4-14(10)15/h1-3,6-8,19H,4-5,9H2. The van der Waals surface area contributed by atoms with E-state index in [-0.39, 0.29) is 11.3 Å². The number of carbonyl (C=O) groups is 1. The van der Waals surface area contributed by atoms with Crippen LogP contribution in [0.15, 0.2) is 36.4 Å². The SMILES string of the molecule is O=C(c1cc(F)cc(F)c1)c1cccc2c1CCNC2. The van der Waals surface area contributed by atoms with E-state index in [2.05, 4.69) is 5.32 Å². The summed E-state index contributed by atoms with van der Waals surface area (Å²) in [6.45, 7) is 1.52. The van der Waals surface area contributed by atoms with E-state index in [1.165, 1.54) is 0 Å². The number of hydrogen-bond donors (Lipinski definition) is 1. The number of halogens is 2. The Morgan fingerprint density at radius 1 is 1.10 bits per heavy atom. The minimum absolute atomic E-state index is 0.0504. The molecule has 1 aliphatic heterocycles. The van der Waals surface area contributed by atoms with Gasteiger partial charge in [-0.15, -0.1) is 0 Å². The molecular formula is C16H13F2NO. The van der Waals surface area contributed by atoms with E-state index in [9.17, 15) is 13.6 Å². The zero-order valence-electron chi connectivity index (χ0n) is 10.7. The van der Waals surface area contributed by atoms with Crippen molar-refractivity contribution in [3.05, 3.63) is 70.3 Å². The minimum atomic E-state index is -0.736. The first-order valence-electron chi connectivity index (χ1n) is 6.47. The first-order valence-corrected chi connectivity index (χ1v) is 6.47. The zero-order chi connectivity index (χ0) is 14.1. The van der Waals surface area contributed by atoms with Gasteiger partial charge in [0.1, 0.15) is 11.6 Å². The van der Waals surface area contributed by atoms with Crippen LogP contribution >= 0.6 is 0 Å². The van der Waals surface area contributed by atoms with E-state index in [1.54, 1.807) is 12.1 Å². The molecule has 0 amide bonds. The highest BCUT2D eigenvalue weighted by Gasteiger charge is 2.19. The minimum Gasteiger partial charge on any atom is -0.312 e. The Balaban J connectivity index is 2.06. The lowest BCUT2D eigenvalue weighted by molar-refractivity contribution is 0.103. The van der Waals surface area contributed by atoms with Gasteiger partial charge in [-0.1, -0.05) is 18.2 Å². The van der Waals surface area contributed by atoms with Crippen LogP contribution in [0.25, 0.3) is 0 Å². The normalized spacial score (nSPS) is 13.9. The monoisotopic (exact) mass is 273 g/mol. The third-order valence-electron chi connectivity index (χ3n) is 3.51. The Morgan fingerprint density at radius 3 is 2.60 bits per heavy atom. The van der Waals surface area contributed by atoms with Crippen molar-refractivity contribution in [2.75, 3.05) is 6.54 Å². The fraction of sp³-hybridized carbons (Fsp3) is 0.188. The van der Waals surface area contributed by atoms with E-state index >= 15 is 0 Å². The molecule has 2 aromatic rings. The summed E-state index contributed by atoms with van der Waals surface area (Å²) in [5, 5.41) is 3.23. The van der Waals surface area contributed by atoms with Gasteiger partial charge in [-0.2, -0.15) is 0 Å². The number of hydrogen-bond acceptors (Lipinski definition) is 2. The average molecular weight is 273 g/mol. The molecular weight excluding hydrogens is 260 g/mol.